The van der Waals surface area contributed by atoms with Crippen molar-refractivity contribution in [3.8, 4) is 11.3 Å². The van der Waals surface area contributed by atoms with Crippen molar-refractivity contribution in [2.45, 2.75) is 11.8 Å². The van der Waals surface area contributed by atoms with Crippen LogP contribution in [-0.2, 0) is 10.0 Å². The smallest absolute Gasteiger partial charge is 0.268 e. The molecule has 0 saturated carbocycles. The van der Waals surface area contributed by atoms with Gasteiger partial charge in [-0.05, 0) is 60.2 Å². The fraction of sp³-hybridized carbons (Fsp3) is 0.0244. The van der Waals surface area contributed by atoms with Gasteiger partial charge in [-0.15, -0.1) is 0 Å². The van der Waals surface area contributed by atoms with E-state index in [1.54, 1.807) is 12.1 Å². The van der Waals surface area contributed by atoms with E-state index in [9.17, 15) is 0 Å². The zero-order valence-corrected chi connectivity index (χ0v) is 26.5. The summed E-state index contributed by atoms with van der Waals surface area (Å²) in [6, 6.07) is 51.2. The number of anilines is 4. The summed E-state index contributed by atoms with van der Waals surface area (Å²) in [6.45, 7) is 1.95. The van der Waals surface area contributed by atoms with Gasteiger partial charge in [-0.3, -0.25) is 0 Å². The lowest BCUT2D eigenvalue weighted by Crippen LogP contribution is -2.27. The Labute approximate surface area is 273 Å². The molecule has 0 spiro atoms. The summed E-state index contributed by atoms with van der Waals surface area (Å²) in [5.74, 6) is 0. The number of aromatic nitrogens is 1. The Bertz CT molecular complexity index is 2520. The Hall–Kier alpha value is -5.85. The van der Waals surface area contributed by atoms with Gasteiger partial charge in [0.2, 0.25) is 0 Å². The molecule has 1 aromatic heterocycles. The Morgan fingerprint density at radius 2 is 1.26 bits per heavy atom. The van der Waals surface area contributed by atoms with Gasteiger partial charge in [0.15, 0.2) is 0 Å². The summed E-state index contributed by atoms with van der Waals surface area (Å²) in [6.07, 6.45) is 0. The summed E-state index contributed by atoms with van der Waals surface area (Å²) < 4.78 is 31.5. The molecule has 0 aliphatic carbocycles. The van der Waals surface area contributed by atoms with Gasteiger partial charge < -0.3 is 10.3 Å². The second-order valence-electron chi connectivity index (χ2n) is 11.7. The molecule has 8 rings (SSSR count). The fourth-order valence-electron chi connectivity index (χ4n) is 6.33. The molecule has 7 aromatic carbocycles. The van der Waals surface area contributed by atoms with Crippen LogP contribution in [0.25, 0.3) is 43.7 Å². The molecule has 6 heteroatoms. The first-order chi connectivity index (χ1) is 23.0. The second-order valence-corrected chi connectivity index (χ2v) is 13.5. The zero-order valence-electron chi connectivity index (χ0n) is 25.7. The van der Waals surface area contributed by atoms with Gasteiger partial charge in [-0.2, -0.15) is 0 Å². The number of H-pyrrole nitrogens is 1. The van der Waals surface area contributed by atoms with E-state index in [0.717, 1.165) is 55.3 Å². The van der Waals surface area contributed by atoms with Crippen molar-refractivity contribution in [3.63, 3.8) is 0 Å². The van der Waals surface area contributed by atoms with Crippen molar-refractivity contribution < 1.29 is 8.42 Å². The topological polar surface area (TPSA) is 65.2 Å². The molecule has 5 nitrogen and oxygen atoms in total. The summed E-state index contributed by atoms with van der Waals surface area (Å²) in [4.78, 5) is 3.77. The summed E-state index contributed by atoms with van der Waals surface area (Å²) in [5, 5.41) is 8.44. The van der Waals surface area contributed by atoms with Gasteiger partial charge >= 0.3 is 0 Å². The normalized spacial score (nSPS) is 11.7. The van der Waals surface area contributed by atoms with Crippen LogP contribution >= 0.6 is 0 Å². The molecule has 2 N–H and O–H groups in total. The van der Waals surface area contributed by atoms with Crippen LogP contribution in [0.2, 0.25) is 0 Å². The number of fused-ring (bicyclic) bond motifs is 3. The highest BCUT2D eigenvalue weighted by atomic mass is 32.2. The first-order valence-corrected chi connectivity index (χ1v) is 17.0. The lowest BCUT2D eigenvalue weighted by molar-refractivity contribution is 0.596. The van der Waals surface area contributed by atoms with E-state index in [1.165, 1.54) is 9.69 Å². The van der Waals surface area contributed by atoms with E-state index in [4.69, 9.17) is 0 Å². The molecule has 0 unspecified atom stereocenters. The van der Waals surface area contributed by atoms with E-state index in [-0.39, 0.29) is 4.90 Å². The van der Waals surface area contributed by atoms with Gasteiger partial charge in [-0.1, -0.05) is 121 Å². The predicted octanol–water partition coefficient (Wildman–Crippen LogP) is 10.7. The maximum atomic E-state index is 15.0. The zero-order chi connectivity index (χ0) is 32.0. The van der Waals surface area contributed by atoms with Crippen molar-refractivity contribution in [3.05, 3.63) is 163 Å². The third-order valence-corrected chi connectivity index (χ3v) is 10.4. The molecule has 0 aliphatic rings. The van der Waals surface area contributed by atoms with Gasteiger partial charge in [0.05, 0.1) is 22.0 Å². The number of sulfonamides is 1. The highest BCUT2D eigenvalue weighted by molar-refractivity contribution is 7.93. The fourth-order valence-corrected chi connectivity index (χ4v) is 7.87. The minimum Gasteiger partial charge on any atom is -0.355 e. The van der Waals surface area contributed by atoms with Crippen molar-refractivity contribution in [2.75, 3.05) is 9.62 Å². The minimum atomic E-state index is -4.11. The summed E-state index contributed by atoms with van der Waals surface area (Å²) in [7, 11) is -4.11. The summed E-state index contributed by atoms with van der Waals surface area (Å²) in [5.41, 5.74) is 6.43. The monoisotopic (exact) mass is 629 g/mol. The average molecular weight is 630 g/mol. The molecule has 8 aromatic rings. The van der Waals surface area contributed by atoms with Crippen molar-refractivity contribution >= 4 is 65.2 Å². The first-order valence-electron chi connectivity index (χ1n) is 15.5. The molecule has 228 valence electrons. The number of rotatable bonds is 7. The number of nitrogens with one attached hydrogen (secondary N) is 2. The third-order valence-electron chi connectivity index (χ3n) is 8.65. The standard InChI is InChI=1S/C41H31N3O2S/c1-28-19-23-33(24-20-28)47(45,46)44(41-36-17-9-10-18-37(36)43-40(41)30-12-3-2-4-13-30)39-26-25-38(34-15-7-8-16-35(34)39)42-32-22-21-29-11-5-6-14-31(29)27-32/h2-27,42-43H,1H3. The minimum absolute atomic E-state index is 0.217. The molecule has 0 bridgehead atoms. The third kappa shape index (κ3) is 5.09. The number of aryl methyl sites for hydroxylation is 1. The summed E-state index contributed by atoms with van der Waals surface area (Å²) >= 11 is 0. The predicted molar refractivity (Wildman–Crippen MR) is 195 cm³/mol. The van der Waals surface area contributed by atoms with E-state index in [1.807, 2.05) is 122 Å². The number of nitrogens with zero attached hydrogens (tertiary/aromatic N) is 1. The molecular weight excluding hydrogens is 599 g/mol. The Kier molecular flexibility index (Phi) is 7.00. The maximum Gasteiger partial charge on any atom is 0.268 e. The van der Waals surface area contributed by atoms with Crippen molar-refractivity contribution in [1.29, 1.82) is 0 Å². The number of para-hydroxylation sites is 1. The van der Waals surface area contributed by atoms with E-state index in [0.29, 0.717) is 11.4 Å². The van der Waals surface area contributed by atoms with E-state index < -0.39 is 10.0 Å². The molecule has 47 heavy (non-hydrogen) atoms. The molecule has 0 fully saturated rings. The molecule has 0 radical (unpaired) electrons. The Morgan fingerprint density at radius 1 is 0.596 bits per heavy atom. The van der Waals surface area contributed by atoms with Gasteiger partial charge in [0.1, 0.15) is 0 Å². The first kappa shape index (κ1) is 28.6. The highest BCUT2D eigenvalue weighted by Gasteiger charge is 2.33. The van der Waals surface area contributed by atoms with Crippen LogP contribution in [-0.4, -0.2) is 13.4 Å². The van der Waals surface area contributed by atoms with Crippen LogP contribution in [0.3, 0.4) is 0 Å². The SMILES string of the molecule is Cc1ccc(S(=O)(=O)N(c2c(-c3ccccc3)[nH]c3ccccc23)c2ccc(Nc3ccc4ccccc4c3)c3ccccc23)cc1. The van der Waals surface area contributed by atoms with Gasteiger partial charge in [-0.25, -0.2) is 12.7 Å². The lowest BCUT2D eigenvalue weighted by atomic mass is 10.0. The van der Waals surface area contributed by atoms with E-state index in [2.05, 4.69) is 40.6 Å². The number of hydrogen-bond donors (Lipinski definition) is 2. The van der Waals surface area contributed by atoms with Crippen LogP contribution < -0.4 is 9.62 Å². The largest absolute Gasteiger partial charge is 0.355 e. The number of aromatic amines is 1. The Morgan fingerprint density at radius 3 is 2.04 bits per heavy atom. The highest BCUT2D eigenvalue weighted by Crippen LogP contribution is 2.47. The van der Waals surface area contributed by atoms with Gasteiger partial charge in [0.25, 0.3) is 10.0 Å². The lowest BCUT2D eigenvalue weighted by Gasteiger charge is -2.27. The van der Waals surface area contributed by atoms with Crippen LogP contribution in [0.5, 0.6) is 0 Å². The van der Waals surface area contributed by atoms with E-state index >= 15 is 8.42 Å². The van der Waals surface area contributed by atoms with Gasteiger partial charge in [0, 0.05) is 38.6 Å². The second kappa shape index (κ2) is 11.5. The van der Waals surface area contributed by atoms with Crippen LogP contribution in [0.4, 0.5) is 22.7 Å². The van der Waals surface area contributed by atoms with Crippen molar-refractivity contribution in [1.82, 2.24) is 4.98 Å². The quantitative estimate of drug-likeness (QED) is 0.184. The van der Waals surface area contributed by atoms with Crippen LogP contribution in [0, 0.1) is 6.92 Å². The molecule has 0 aliphatic heterocycles. The average Bonchev–Trinajstić information content (AvgIpc) is 3.49. The van der Waals surface area contributed by atoms with Crippen molar-refractivity contribution in [2.24, 2.45) is 0 Å². The van der Waals surface area contributed by atoms with Crippen LogP contribution in [0.1, 0.15) is 5.56 Å². The van der Waals surface area contributed by atoms with Crippen LogP contribution in [0.15, 0.2) is 163 Å². The Balaban J connectivity index is 1.38. The maximum absolute atomic E-state index is 15.0. The molecule has 0 saturated heterocycles. The molecule has 0 atom stereocenters. The molecular formula is C41H31N3O2S. The number of benzene rings is 7. The molecule has 1 heterocycles. The number of hydrogen-bond acceptors (Lipinski definition) is 3. The molecule has 0 amide bonds.